The van der Waals surface area contributed by atoms with E-state index in [1.165, 1.54) is 0 Å². The Morgan fingerprint density at radius 1 is 1.67 bits per heavy atom. The molecule has 1 atom stereocenters. The maximum absolute atomic E-state index is 5.70. The van der Waals surface area contributed by atoms with Gasteiger partial charge in [-0.2, -0.15) is 0 Å². The molecular weight excluding hydrogens is 150 g/mol. The second-order valence-corrected chi connectivity index (χ2v) is 2.89. The summed E-state index contributed by atoms with van der Waals surface area (Å²) in [5.74, 6) is 0.784. The molecule has 1 aromatic rings. The SMILES string of the molecule is CC[C@H](C)Nc1ncccc1N. The van der Waals surface area contributed by atoms with Crippen molar-refractivity contribution in [3.63, 3.8) is 0 Å². The van der Waals surface area contributed by atoms with Gasteiger partial charge in [0.1, 0.15) is 5.82 Å². The van der Waals surface area contributed by atoms with E-state index in [0.29, 0.717) is 11.7 Å². The van der Waals surface area contributed by atoms with Gasteiger partial charge in [-0.15, -0.1) is 0 Å². The largest absolute Gasteiger partial charge is 0.396 e. The standard InChI is InChI=1S/C9H15N3/c1-3-7(2)12-9-8(10)5-4-6-11-9/h4-7H,3,10H2,1-2H3,(H,11,12)/t7-/m0/s1. The Morgan fingerprint density at radius 3 is 3.00 bits per heavy atom. The molecule has 3 nitrogen and oxygen atoms in total. The summed E-state index contributed by atoms with van der Waals surface area (Å²) in [4.78, 5) is 4.13. The van der Waals surface area contributed by atoms with E-state index in [4.69, 9.17) is 5.73 Å². The highest BCUT2D eigenvalue weighted by Crippen LogP contribution is 2.14. The lowest BCUT2D eigenvalue weighted by molar-refractivity contribution is 0.760. The van der Waals surface area contributed by atoms with E-state index >= 15 is 0 Å². The topological polar surface area (TPSA) is 50.9 Å². The average Bonchev–Trinajstić information content (AvgIpc) is 2.09. The van der Waals surface area contributed by atoms with Gasteiger partial charge in [0.25, 0.3) is 0 Å². The number of aromatic nitrogens is 1. The molecule has 0 saturated heterocycles. The van der Waals surface area contributed by atoms with Gasteiger partial charge in [0.05, 0.1) is 5.69 Å². The zero-order chi connectivity index (χ0) is 8.97. The van der Waals surface area contributed by atoms with Crippen LogP contribution in [-0.2, 0) is 0 Å². The first-order valence-corrected chi connectivity index (χ1v) is 4.21. The summed E-state index contributed by atoms with van der Waals surface area (Å²) in [5.41, 5.74) is 6.40. The second kappa shape index (κ2) is 3.95. The number of pyridine rings is 1. The molecule has 0 saturated carbocycles. The number of rotatable bonds is 3. The third-order valence-electron chi connectivity index (χ3n) is 1.83. The molecule has 0 aliphatic heterocycles. The fourth-order valence-electron chi connectivity index (χ4n) is 0.874. The Morgan fingerprint density at radius 2 is 2.42 bits per heavy atom. The highest BCUT2D eigenvalue weighted by atomic mass is 15.0. The van der Waals surface area contributed by atoms with E-state index in [0.717, 1.165) is 12.2 Å². The summed E-state index contributed by atoms with van der Waals surface area (Å²) < 4.78 is 0. The Labute approximate surface area is 73.0 Å². The van der Waals surface area contributed by atoms with Crippen molar-refractivity contribution in [1.82, 2.24) is 4.98 Å². The van der Waals surface area contributed by atoms with Gasteiger partial charge < -0.3 is 11.1 Å². The van der Waals surface area contributed by atoms with E-state index in [2.05, 4.69) is 24.1 Å². The lowest BCUT2D eigenvalue weighted by Gasteiger charge is -2.12. The minimum absolute atomic E-state index is 0.419. The molecule has 12 heavy (non-hydrogen) atoms. The Bertz CT molecular complexity index is 247. The molecule has 3 N–H and O–H groups in total. The Hall–Kier alpha value is -1.25. The molecule has 0 aromatic carbocycles. The van der Waals surface area contributed by atoms with E-state index < -0.39 is 0 Å². The zero-order valence-corrected chi connectivity index (χ0v) is 7.54. The molecule has 0 fully saturated rings. The van der Waals surface area contributed by atoms with E-state index in [1.807, 2.05) is 12.1 Å². The van der Waals surface area contributed by atoms with Crippen LogP contribution >= 0.6 is 0 Å². The molecule has 66 valence electrons. The van der Waals surface area contributed by atoms with Crippen molar-refractivity contribution in [3.05, 3.63) is 18.3 Å². The molecule has 0 bridgehead atoms. The fourth-order valence-corrected chi connectivity index (χ4v) is 0.874. The smallest absolute Gasteiger partial charge is 0.149 e. The van der Waals surface area contributed by atoms with E-state index in [9.17, 15) is 0 Å². The van der Waals surface area contributed by atoms with Crippen molar-refractivity contribution < 1.29 is 0 Å². The summed E-state index contributed by atoms with van der Waals surface area (Å²) in [6.45, 7) is 4.23. The lowest BCUT2D eigenvalue weighted by Crippen LogP contribution is -2.15. The summed E-state index contributed by atoms with van der Waals surface area (Å²) in [6, 6.07) is 4.09. The molecule has 0 amide bonds. The van der Waals surface area contributed by atoms with Gasteiger partial charge in [-0.3, -0.25) is 0 Å². The van der Waals surface area contributed by atoms with Crippen LogP contribution in [0.15, 0.2) is 18.3 Å². The van der Waals surface area contributed by atoms with Crippen molar-refractivity contribution >= 4 is 11.5 Å². The molecule has 0 spiro atoms. The molecule has 0 aliphatic carbocycles. The van der Waals surface area contributed by atoms with Crippen LogP contribution in [0, 0.1) is 0 Å². The minimum Gasteiger partial charge on any atom is -0.396 e. The van der Waals surface area contributed by atoms with Crippen molar-refractivity contribution in [2.75, 3.05) is 11.1 Å². The van der Waals surface area contributed by atoms with Crippen molar-refractivity contribution in [2.24, 2.45) is 0 Å². The number of anilines is 2. The lowest BCUT2D eigenvalue weighted by atomic mass is 10.2. The predicted molar refractivity (Wildman–Crippen MR) is 52.0 cm³/mol. The summed E-state index contributed by atoms with van der Waals surface area (Å²) in [5, 5.41) is 3.22. The van der Waals surface area contributed by atoms with Gasteiger partial charge in [-0.05, 0) is 25.5 Å². The third kappa shape index (κ3) is 2.12. The molecule has 0 radical (unpaired) electrons. The third-order valence-corrected chi connectivity index (χ3v) is 1.83. The zero-order valence-electron chi connectivity index (χ0n) is 7.54. The highest BCUT2D eigenvalue weighted by molar-refractivity contribution is 5.60. The van der Waals surface area contributed by atoms with Crippen LogP contribution in [0.4, 0.5) is 11.5 Å². The first-order chi connectivity index (χ1) is 5.74. The van der Waals surface area contributed by atoms with Crippen LogP contribution in [0.2, 0.25) is 0 Å². The van der Waals surface area contributed by atoms with Gasteiger partial charge in [0.2, 0.25) is 0 Å². The van der Waals surface area contributed by atoms with Gasteiger partial charge >= 0.3 is 0 Å². The van der Waals surface area contributed by atoms with Gasteiger partial charge in [-0.25, -0.2) is 4.98 Å². The summed E-state index contributed by atoms with van der Waals surface area (Å²) in [6.07, 6.45) is 2.80. The second-order valence-electron chi connectivity index (χ2n) is 2.89. The monoisotopic (exact) mass is 165 g/mol. The molecule has 0 unspecified atom stereocenters. The predicted octanol–water partition coefficient (Wildman–Crippen LogP) is 1.87. The fraction of sp³-hybridized carbons (Fsp3) is 0.444. The number of hydrogen-bond acceptors (Lipinski definition) is 3. The van der Waals surface area contributed by atoms with Crippen molar-refractivity contribution in [2.45, 2.75) is 26.3 Å². The number of nitrogens with two attached hydrogens (primary N) is 1. The van der Waals surface area contributed by atoms with E-state index in [-0.39, 0.29) is 0 Å². The first-order valence-electron chi connectivity index (χ1n) is 4.21. The van der Waals surface area contributed by atoms with Gasteiger partial charge in [-0.1, -0.05) is 6.92 Å². The normalized spacial score (nSPS) is 12.5. The molecule has 1 rings (SSSR count). The van der Waals surface area contributed by atoms with Gasteiger partial charge in [0.15, 0.2) is 0 Å². The Kier molecular flexibility index (Phi) is 2.91. The molecule has 0 aliphatic rings. The minimum atomic E-state index is 0.419. The number of nitrogen functional groups attached to an aromatic ring is 1. The number of nitrogens with zero attached hydrogens (tertiary/aromatic N) is 1. The average molecular weight is 165 g/mol. The maximum atomic E-state index is 5.70. The van der Waals surface area contributed by atoms with Crippen LogP contribution in [0.1, 0.15) is 20.3 Å². The van der Waals surface area contributed by atoms with E-state index in [1.54, 1.807) is 6.20 Å². The highest BCUT2D eigenvalue weighted by Gasteiger charge is 2.01. The molecule has 1 heterocycles. The first kappa shape index (κ1) is 8.84. The van der Waals surface area contributed by atoms with Crippen LogP contribution in [-0.4, -0.2) is 11.0 Å². The van der Waals surface area contributed by atoms with Crippen molar-refractivity contribution in [1.29, 1.82) is 0 Å². The summed E-state index contributed by atoms with van der Waals surface area (Å²) >= 11 is 0. The molecule has 3 heteroatoms. The maximum Gasteiger partial charge on any atom is 0.149 e. The summed E-state index contributed by atoms with van der Waals surface area (Å²) in [7, 11) is 0. The quantitative estimate of drug-likeness (QED) is 0.719. The Balaban J connectivity index is 2.69. The van der Waals surface area contributed by atoms with Crippen molar-refractivity contribution in [3.8, 4) is 0 Å². The van der Waals surface area contributed by atoms with Crippen LogP contribution in [0.5, 0.6) is 0 Å². The number of nitrogens with one attached hydrogen (secondary N) is 1. The van der Waals surface area contributed by atoms with Crippen LogP contribution < -0.4 is 11.1 Å². The molecule has 1 aromatic heterocycles. The number of hydrogen-bond donors (Lipinski definition) is 2. The molecular formula is C9H15N3. The van der Waals surface area contributed by atoms with Crippen LogP contribution in [0.3, 0.4) is 0 Å². The van der Waals surface area contributed by atoms with Gasteiger partial charge in [0, 0.05) is 12.2 Å². The van der Waals surface area contributed by atoms with Crippen LogP contribution in [0.25, 0.3) is 0 Å².